The smallest absolute Gasteiger partial charge is 0.225 e. The van der Waals surface area contributed by atoms with Gasteiger partial charge < -0.3 is 10.2 Å². The van der Waals surface area contributed by atoms with Crippen LogP contribution in [0.4, 0.5) is 5.82 Å². The lowest BCUT2D eigenvalue weighted by molar-refractivity contribution is -0.125. The molecular weight excluding hydrogens is 384 g/mol. The van der Waals surface area contributed by atoms with Gasteiger partial charge >= 0.3 is 0 Å². The summed E-state index contributed by atoms with van der Waals surface area (Å²) in [4.78, 5) is 24.3. The van der Waals surface area contributed by atoms with Crippen LogP contribution in [0.15, 0.2) is 72.9 Å². The summed E-state index contributed by atoms with van der Waals surface area (Å²) in [6.07, 6.45) is 5.63. The molecule has 4 rings (SSSR count). The molecule has 3 aromatic rings. The van der Waals surface area contributed by atoms with E-state index >= 15 is 0 Å². The Morgan fingerprint density at radius 3 is 2.61 bits per heavy atom. The fourth-order valence-electron chi connectivity index (χ4n) is 4.11. The third-order valence-electron chi connectivity index (χ3n) is 5.89. The molecule has 160 valence electrons. The number of aryl methyl sites for hydroxylation is 1. The molecule has 5 heteroatoms. The van der Waals surface area contributed by atoms with E-state index in [2.05, 4.69) is 46.4 Å². The zero-order valence-electron chi connectivity index (χ0n) is 18.1. The third kappa shape index (κ3) is 5.69. The topological polar surface area (TPSA) is 58.1 Å². The number of nitrogens with zero attached hydrogens (tertiary/aromatic N) is 3. The molecular formula is C26H30N4O. The average Bonchev–Trinajstić information content (AvgIpc) is 2.84. The highest BCUT2D eigenvalue weighted by atomic mass is 16.2. The number of hydrogen-bond acceptors (Lipinski definition) is 4. The van der Waals surface area contributed by atoms with Crippen molar-refractivity contribution >= 4 is 11.7 Å². The number of benzene rings is 2. The second kappa shape index (κ2) is 10.2. The van der Waals surface area contributed by atoms with Crippen molar-refractivity contribution in [3.05, 3.63) is 78.5 Å². The maximum absolute atomic E-state index is 12.9. The number of amides is 1. The van der Waals surface area contributed by atoms with Crippen molar-refractivity contribution in [2.45, 2.75) is 38.6 Å². The van der Waals surface area contributed by atoms with Crippen molar-refractivity contribution in [2.24, 2.45) is 5.92 Å². The number of anilines is 1. The molecule has 5 nitrogen and oxygen atoms in total. The first kappa shape index (κ1) is 21.0. The van der Waals surface area contributed by atoms with Crippen LogP contribution >= 0.6 is 0 Å². The van der Waals surface area contributed by atoms with Gasteiger partial charge in [0.2, 0.25) is 5.91 Å². The number of nitrogens with one attached hydrogen (secondary N) is 1. The molecule has 1 aliphatic heterocycles. The van der Waals surface area contributed by atoms with Gasteiger partial charge in [-0.05, 0) is 44.2 Å². The van der Waals surface area contributed by atoms with E-state index < -0.39 is 0 Å². The summed E-state index contributed by atoms with van der Waals surface area (Å²) in [5, 5.41) is 3.23. The van der Waals surface area contributed by atoms with E-state index in [9.17, 15) is 4.79 Å². The molecule has 2 aromatic carbocycles. The first-order valence-corrected chi connectivity index (χ1v) is 11.2. The van der Waals surface area contributed by atoms with E-state index in [0.29, 0.717) is 6.54 Å². The summed E-state index contributed by atoms with van der Waals surface area (Å²) in [6, 6.07) is 22.5. The number of piperidine rings is 1. The molecule has 1 aliphatic rings. The molecule has 0 saturated carbocycles. The van der Waals surface area contributed by atoms with Crippen molar-refractivity contribution in [3.63, 3.8) is 0 Å². The summed E-state index contributed by atoms with van der Waals surface area (Å²) < 4.78 is 0. The van der Waals surface area contributed by atoms with Gasteiger partial charge in [-0.3, -0.25) is 4.79 Å². The van der Waals surface area contributed by atoms with Crippen molar-refractivity contribution < 1.29 is 4.79 Å². The second-order valence-electron chi connectivity index (χ2n) is 8.32. The van der Waals surface area contributed by atoms with E-state index in [1.165, 1.54) is 5.56 Å². The first-order chi connectivity index (χ1) is 15.2. The molecule has 1 saturated heterocycles. The Bertz CT molecular complexity index is 977. The summed E-state index contributed by atoms with van der Waals surface area (Å²) in [6.45, 7) is 3.71. The van der Waals surface area contributed by atoms with Gasteiger partial charge in [0.05, 0.1) is 5.92 Å². The molecule has 0 radical (unpaired) electrons. The maximum Gasteiger partial charge on any atom is 0.225 e. The van der Waals surface area contributed by atoms with Gasteiger partial charge in [-0.2, -0.15) is 0 Å². The zero-order chi connectivity index (χ0) is 21.5. The fourth-order valence-corrected chi connectivity index (χ4v) is 4.11. The standard InChI is InChI=1S/C26H30N4O/c1-20(14-15-21-9-4-2-5-10-21)28-26(31)23-13-8-18-30(19-23)24-16-17-27-25(29-24)22-11-6-3-7-12-22/h2-7,9-12,16-17,20,23H,8,13-15,18-19H2,1H3,(H,28,31)/t20-,23-/m0/s1. The Labute approximate surface area is 184 Å². The number of carbonyl (C=O) groups excluding carboxylic acids is 1. The zero-order valence-corrected chi connectivity index (χ0v) is 18.1. The third-order valence-corrected chi connectivity index (χ3v) is 5.89. The number of rotatable bonds is 7. The monoisotopic (exact) mass is 414 g/mol. The van der Waals surface area contributed by atoms with Crippen LogP contribution in [-0.4, -0.2) is 35.0 Å². The number of hydrogen-bond donors (Lipinski definition) is 1. The van der Waals surface area contributed by atoms with Crippen molar-refractivity contribution in [3.8, 4) is 11.4 Å². The summed E-state index contributed by atoms with van der Waals surface area (Å²) in [7, 11) is 0. The van der Waals surface area contributed by atoms with E-state index in [1.807, 2.05) is 42.5 Å². The lowest BCUT2D eigenvalue weighted by Gasteiger charge is -2.33. The number of aromatic nitrogens is 2. The Hall–Kier alpha value is -3.21. The number of carbonyl (C=O) groups is 1. The molecule has 1 amide bonds. The van der Waals surface area contributed by atoms with Crippen LogP contribution in [-0.2, 0) is 11.2 Å². The molecule has 31 heavy (non-hydrogen) atoms. The minimum absolute atomic E-state index is 0.0111. The van der Waals surface area contributed by atoms with Crippen LogP contribution in [0.2, 0.25) is 0 Å². The average molecular weight is 415 g/mol. The summed E-state index contributed by atoms with van der Waals surface area (Å²) in [5.41, 5.74) is 2.31. The van der Waals surface area contributed by atoms with Crippen LogP contribution in [0.1, 0.15) is 31.7 Å². The highest BCUT2D eigenvalue weighted by Gasteiger charge is 2.27. The Morgan fingerprint density at radius 2 is 1.84 bits per heavy atom. The van der Waals surface area contributed by atoms with Crippen LogP contribution < -0.4 is 10.2 Å². The largest absolute Gasteiger partial charge is 0.356 e. The van der Waals surface area contributed by atoms with Gasteiger partial charge in [-0.1, -0.05) is 60.7 Å². The Kier molecular flexibility index (Phi) is 6.92. The van der Waals surface area contributed by atoms with Crippen LogP contribution in [0.5, 0.6) is 0 Å². The normalized spacial score (nSPS) is 17.2. The fraction of sp³-hybridized carbons (Fsp3) is 0.346. The highest BCUT2D eigenvalue weighted by Crippen LogP contribution is 2.24. The van der Waals surface area contributed by atoms with E-state index in [-0.39, 0.29) is 17.9 Å². The first-order valence-electron chi connectivity index (χ1n) is 11.2. The van der Waals surface area contributed by atoms with E-state index in [1.54, 1.807) is 6.20 Å². The van der Waals surface area contributed by atoms with Crippen molar-refractivity contribution in [1.29, 1.82) is 0 Å². The maximum atomic E-state index is 12.9. The quantitative estimate of drug-likeness (QED) is 0.619. The van der Waals surface area contributed by atoms with Gasteiger partial charge in [0, 0.05) is 30.9 Å². The predicted molar refractivity (Wildman–Crippen MR) is 125 cm³/mol. The molecule has 1 aromatic heterocycles. The lowest BCUT2D eigenvalue weighted by atomic mass is 9.96. The lowest BCUT2D eigenvalue weighted by Crippen LogP contribution is -2.45. The SMILES string of the molecule is C[C@@H](CCc1ccccc1)NC(=O)[C@H]1CCCN(c2ccnc(-c3ccccc3)n2)C1. The van der Waals surface area contributed by atoms with Crippen molar-refractivity contribution in [1.82, 2.24) is 15.3 Å². The molecule has 0 spiro atoms. The minimum Gasteiger partial charge on any atom is -0.356 e. The van der Waals surface area contributed by atoms with Gasteiger partial charge in [0.25, 0.3) is 0 Å². The van der Waals surface area contributed by atoms with E-state index in [4.69, 9.17) is 4.98 Å². The van der Waals surface area contributed by atoms with Gasteiger partial charge in [0.1, 0.15) is 5.82 Å². The molecule has 1 fully saturated rings. The van der Waals surface area contributed by atoms with Gasteiger partial charge in [-0.15, -0.1) is 0 Å². The minimum atomic E-state index is -0.0111. The molecule has 0 aliphatic carbocycles. The van der Waals surface area contributed by atoms with E-state index in [0.717, 1.165) is 49.4 Å². The Balaban J connectivity index is 1.34. The van der Waals surface area contributed by atoms with Crippen LogP contribution in [0.3, 0.4) is 0 Å². The molecule has 1 N–H and O–H groups in total. The van der Waals surface area contributed by atoms with Gasteiger partial charge in [-0.25, -0.2) is 9.97 Å². The Morgan fingerprint density at radius 1 is 1.10 bits per heavy atom. The summed E-state index contributed by atoms with van der Waals surface area (Å²) in [5.74, 6) is 1.76. The molecule has 0 unspecified atom stereocenters. The molecule has 2 atom stereocenters. The summed E-state index contributed by atoms with van der Waals surface area (Å²) >= 11 is 0. The second-order valence-corrected chi connectivity index (χ2v) is 8.32. The predicted octanol–water partition coefficient (Wildman–Crippen LogP) is 4.50. The van der Waals surface area contributed by atoms with Gasteiger partial charge in [0.15, 0.2) is 5.82 Å². The molecule has 0 bridgehead atoms. The highest BCUT2D eigenvalue weighted by molar-refractivity contribution is 5.79. The molecule has 2 heterocycles. The van der Waals surface area contributed by atoms with Crippen molar-refractivity contribution in [2.75, 3.05) is 18.0 Å². The van der Waals surface area contributed by atoms with Crippen LogP contribution in [0, 0.1) is 5.92 Å². The van der Waals surface area contributed by atoms with Crippen LogP contribution in [0.25, 0.3) is 11.4 Å².